The number of hydroxylamine groups is 2. The highest BCUT2D eigenvalue weighted by Crippen LogP contribution is 2.47. The maximum absolute atomic E-state index is 12.5. The van der Waals surface area contributed by atoms with E-state index in [1.807, 2.05) is 0 Å². The van der Waals surface area contributed by atoms with Crippen molar-refractivity contribution in [3.8, 4) is 0 Å². The van der Waals surface area contributed by atoms with Crippen LogP contribution in [0.1, 0.15) is 22.0 Å². The fourth-order valence-electron chi connectivity index (χ4n) is 3.45. The van der Waals surface area contributed by atoms with Gasteiger partial charge in [-0.1, -0.05) is 10.4 Å². The summed E-state index contributed by atoms with van der Waals surface area (Å²) in [6, 6.07) is -1.07. The SMILES string of the molecule is COC(=O)c1nocc1[C@H]1[C@@H]2[C@H](C(=O)OC)[C@H](C(=O)OC)ON2O[C@H]1C(=O)OC. The van der Waals surface area contributed by atoms with Gasteiger partial charge >= 0.3 is 23.9 Å². The van der Waals surface area contributed by atoms with E-state index in [1.165, 1.54) is 0 Å². The number of aromatic nitrogens is 1. The number of fused-ring (bicyclic) bond motifs is 1. The summed E-state index contributed by atoms with van der Waals surface area (Å²) in [5, 5.41) is 4.44. The molecule has 1 aromatic heterocycles. The zero-order valence-corrected chi connectivity index (χ0v) is 15.8. The molecule has 0 radical (unpaired) electrons. The van der Waals surface area contributed by atoms with Crippen LogP contribution in [0.5, 0.6) is 0 Å². The molecule has 0 spiro atoms. The molecule has 0 aliphatic carbocycles. The van der Waals surface area contributed by atoms with Crippen molar-refractivity contribution >= 4 is 23.9 Å². The van der Waals surface area contributed by atoms with Crippen molar-refractivity contribution in [3.05, 3.63) is 17.5 Å². The van der Waals surface area contributed by atoms with Gasteiger partial charge in [0.15, 0.2) is 17.9 Å². The maximum atomic E-state index is 12.5. The number of hydrogen-bond donors (Lipinski definition) is 0. The Morgan fingerprint density at radius 3 is 2.07 bits per heavy atom. The Labute approximate surface area is 163 Å². The molecular weight excluding hydrogens is 396 g/mol. The Hall–Kier alpha value is -3.03. The molecule has 5 atom stereocenters. The molecule has 2 aliphatic heterocycles. The average molecular weight is 414 g/mol. The van der Waals surface area contributed by atoms with E-state index in [0.29, 0.717) is 0 Å². The first-order valence-electron chi connectivity index (χ1n) is 8.28. The average Bonchev–Trinajstić information content (AvgIpc) is 3.44. The van der Waals surface area contributed by atoms with E-state index in [9.17, 15) is 19.2 Å². The van der Waals surface area contributed by atoms with Gasteiger partial charge in [-0.3, -0.25) is 14.5 Å². The topological polar surface area (TPSA) is 153 Å². The normalized spacial score (nSPS) is 28.5. The second kappa shape index (κ2) is 8.14. The van der Waals surface area contributed by atoms with E-state index in [4.69, 9.17) is 23.7 Å². The Morgan fingerprint density at radius 1 is 0.897 bits per heavy atom. The molecule has 0 aromatic carbocycles. The van der Waals surface area contributed by atoms with Crippen molar-refractivity contribution in [2.45, 2.75) is 24.2 Å². The predicted octanol–water partition coefficient (Wildman–Crippen LogP) is -1.02. The number of carbonyl (C=O) groups is 4. The van der Waals surface area contributed by atoms with E-state index >= 15 is 0 Å². The van der Waals surface area contributed by atoms with Gasteiger partial charge in [0.1, 0.15) is 12.2 Å². The van der Waals surface area contributed by atoms with E-state index < -0.39 is 54.0 Å². The summed E-state index contributed by atoms with van der Waals surface area (Å²) in [4.78, 5) is 59.9. The molecule has 158 valence electrons. The minimum atomic E-state index is -1.40. The van der Waals surface area contributed by atoms with Gasteiger partial charge in [-0.05, 0) is 0 Å². The Bertz CT molecular complexity index is 822. The Kier molecular flexibility index (Phi) is 5.81. The summed E-state index contributed by atoms with van der Waals surface area (Å²) < 4.78 is 23.8. The summed E-state index contributed by atoms with van der Waals surface area (Å²) in [6.45, 7) is 0. The van der Waals surface area contributed by atoms with Gasteiger partial charge in [0.05, 0.1) is 40.4 Å². The zero-order chi connectivity index (χ0) is 21.3. The number of methoxy groups -OCH3 is 4. The Balaban J connectivity index is 2.10. The minimum absolute atomic E-state index is 0.0998. The van der Waals surface area contributed by atoms with Gasteiger partial charge < -0.3 is 23.5 Å². The van der Waals surface area contributed by atoms with Crippen molar-refractivity contribution < 1.29 is 52.3 Å². The maximum Gasteiger partial charge on any atom is 0.360 e. The largest absolute Gasteiger partial charge is 0.469 e. The molecule has 0 amide bonds. The second-order valence-corrected chi connectivity index (χ2v) is 6.06. The lowest BCUT2D eigenvalue weighted by Crippen LogP contribution is -2.42. The van der Waals surface area contributed by atoms with Crippen LogP contribution in [0.2, 0.25) is 0 Å². The predicted molar refractivity (Wildman–Crippen MR) is 85.5 cm³/mol. The van der Waals surface area contributed by atoms with Crippen molar-refractivity contribution in [1.29, 1.82) is 0 Å². The molecule has 2 aliphatic rings. The first-order valence-corrected chi connectivity index (χ1v) is 8.28. The first kappa shape index (κ1) is 20.7. The molecule has 13 nitrogen and oxygen atoms in total. The molecule has 13 heteroatoms. The smallest absolute Gasteiger partial charge is 0.360 e. The summed E-state index contributed by atoms with van der Waals surface area (Å²) in [5.74, 6) is -5.64. The van der Waals surface area contributed by atoms with E-state index in [-0.39, 0.29) is 11.3 Å². The lowest BCUT2D eigenvalue weighted by atomic mass is 9.79. The molecule has 0 unspecified atom stereocenters. The van der Waals surface area contributed by atoms with E-state index in [1.54, 1.807) is 0 Å². The molecule has 0 saturated carbocycles. The Morgan fingerprint density at radius 2 is 1.48 bits per heavy atom. The van der Waals surface area contributed by atoms with Crippen LogP contribution in [0.3, 0.4) is 0 Å². The van der Waals surface area contributed by atoms with Crippen LogP contribution in [0.15, 0.2) is 10.8 Å². The quantitative estimate of drug-likeness (QED) is 0.427. The number of carbonyl (C=O) groups excluding carboxylic acids is 4. The molecular formula is C16H18N2O11. The van der Waals surface area contributed by atoms with Crippen molar-refractivity contribution in [1.82, 2.24) is 10.4 Å². The molecule has 2 saturated heterocycles. The minimum Gasteiger partial charge on any atom is -0.469 e. The fraction of sp³-hybridized carbons (Fsp3) is 0.562. The molecule has 2 fully saturated rings. The molecule has 0 bridgehead atoms. The molecule has 1 aromatic rings. The van der Waals surface area contributed by atoms with E-state index in [0.717, 1.165) is 39.9 Å². The van der Waals surface area contributed by atoms with Gasteiger partial charge in [-0.25, -0.2) is 14.4 Å². The van der Waals surface area contributed by atoms with Crippen LogP contribution in [0.4, 0.5) is 0 Å². The molecule has 0 N–H and O–H groups in total. The summed E-state index contributed by atoms with van der Waals surface area (Å²) >= 11 is 0. The van der Waals surface area contributed by atoms with Crippen LogP contribution in [0.25, 0.3) is 0 Å². The fourth-order valence-corrected chi connectivity index (χ4v) is 3.45. The monoisotopic (exact) mass is 414 g/mol. The highest BCUT2D eigenvalue weighted by Gasteiger charge is 2.64. The highest BCUT2D eigenvalue weighted by molar-refractivity contribution is 5.90. The third-order valence-corrected chi connectivity index (χ3v) is 4.74. The van der Waals surface area contributed by atoms with Crippen LogP contribution in [-0.4, -0.2) is 80.9 Å². The van der Waals surface area contributed by atoms with Gasteiger partial charge in [0.2, 0.25) is 0 Å². The van der Waals surface area contributed by atoms with Crippen molar-refractivity contribution in [2.24, 2.45) is 5.92 Å². The second-order valence-electron chi connectivity index (χ2n) is 6.06. The van der Waals surface area contributed by atoms with Gasteiger partial charge in [0, 0.05) is 5.56 Å². The third-order valence-electron chi connectivity index (χ3n) is 4.74. The number of rotatable bonds is 5. The van der Waals surface area contributed by atoms with Crippen molar-refractivity contribution in [2.75, 3.05) is 28.4 Å². The number of ether oxygens (including phenoxy) is 4. The number of hydrogen-bond acceptors (Lipinski definition) is 13. The summed E-state index contributed by atoms with van der Waals surface area (Å²) in [7, 11) is 4.52. The summed E-state index contributed by atoms with van der Waals surface area (Å²) in [6.07, 6.45) is -1.63. The van der Waals surface area contributed by atoms with Crippen LogP contribution >= 0.6 is 0 Å². The zero-order valence-electron chi connectivity index (χ0n) is 15.8. The summed E-state index contributed by atoms with van der Waals surface area (Å²) in [5.41, 5.74) is -0.134. The van der Waals surface area contributed by atoms with Crippen LogP contribution in [-0.2, 0) is 43.0 Å². The molecule has 3 rings (SSSR count). The van der Waals surface area contributed by atoms with Gasteiger partial charge in [-0.15, -0.1) is 0 Å². The lowest BCUT2D eigenvalue weighted by molar-refractivity contribution is -0.350. The van der Waals surface area contributed by atoms with Crippen LogP contribution in [0, 0.1) is 5.92 Å². The van der Waals surface area contributed by atoms with Gasteiger partial charge in [-0.2, -0.15) is 0 Å². The van der Waals surface area contributed by atoms with Crippen LogP contribution < -0.4 is 0 Å². The van der Waals surface area contributed by atoms with Crippen molar-refractivity contribution in [3.63, 3.8) is 0 Å². The number of esters is 4. The lowest BCUT2D eigenvalue weighted by Gasteiger charge is -2.23. The highest BCUT2D eigenvalue weighted by atomic mass is 17.0. The van der Waals surface area contributed by atoms with E-state index in [2.05, 4.69) is 14.6 Å². The first-order chi connectivity index (χ1) is 13.9. The number of nitrogens with zero attached hydrogens (tertiary/aromatic N) is 2. The molecule has 3 heterocycles. The standard InChI is InChI=1S/C16H18N2O11/c1-23-13(19)8-10-7(6-5-27-17-9(6)14(20)24-2)11(15(21)25-3)28-18(10)29-12(8)16(22)26-4/h5,7-8,10-12H,1-4H3/t7-,8-,10+,11+,12+/m0/s1. The van der Waals surface area contributed by atoms with Gasteiger partial charge in [0.25, 0.3) is 0 Å². The third kappa shape index (κ3) is 3.32. The molecule has 29 heavy (non-hydrogen) atoms.